The lowest BCUT2D eigenvalue weighted by atomic mass is 9.80. The lowest BCUT2D eigenvalue weighted by molar-refractivity contribution is -0.154. The molecule has 0 spiro atoms. The molecule has 1 rings (SSSR count). The van der Waals surface area contributed by atoms with Gasteiger partial charge < -0.3 is 16.3 Å². The second-order valence-electron chi connectivity index (χ2n) is 4.47. The number of hydrogen-bond acceptors (Lipinski definition) is 3. The van der Waals surface area contributed by atoms with Gasteiger partial charge in [-0.15, -0.1) is 0 Å². The number of nitrogens with one attached hydrogen (secondary N) is 1. The van der Waals surface area contributed by atoms with Gasteiger partial charge in [0.1, 0.15) is 12.0 Å². The van der Waals surface area contributed by atoms with E-state index in [9.17, 15) is 18.0 Å². The van der Waals surface area contributed by atoms with Crippen LogP contribution in [0.15, 0.2) is 5.16 Å². The smallest absolute Gasteiger partial charge is 0.397 e. The van der Waals surface area contributed by atoms with Gasteiger partial charge in [-0.25, -0.2) is 0 Å². The third-order valence-electron chi connectivity index (χ3n) is 3.04. The van der Waals surface area contributed by atoms with Crippen LogP contribution < -0.4 is 11.1 Å². The molecule has 1 amide bonds. The summed E-state index contributed by atoms with van der Waals surface area (Å²) in [5.41, 5.74) is 4.36. The summed E-state index contributed by atoms with van der Waals surface area (Å²) in [4.78, 5) is 11.3. The molecular formula is C10H16F3N3O2. The molecule has 0 aromatic rings. The van der Waals surface area contributed by atoms with Gasteiger partial charge in [0, 0.05) is 0 Å². The van der Waals surface area contributed by atoms with Crippen LogP contribution in [-0.2, 0) is 4.79 Å². The van der Waals surface area contributed by atoms with Crippen LogP contribution in [0.5, 0.6) is 0 Å². The average molecular weight is 267 g/mol. The van der Waals surface area contributed by atoms with E-state index >= 15 is 0 Å². The number of oxime groups is 1. The first kappa shape index (κ1) is 14.6. The van der Waals surface area contributed by atoms with Gasteiger partial charge in [0.15, 0.2) is 5.84 Å². The van der Waals surface area contributed by atoms with Gasteiger partial charge in [-0.1, -0.05) is 24.4 Å². The molecule has 4 N–H and O–H groups in total. The third-order valence-corrected chi connectivity index (χ3v) is 3.04. The Morgan fingerprint density at radius 1 is 1.33 bits per heavy atom. The Hall–Kier alpha value is -1.47. The molecule has 0 saturated heterocycles. The molecule has 0 aromatic heterocycles. The van der Waals surface area contributed by atoms with Crippen LogP contribution in [0.4, 0.5) is 13.2 Å². The summed E-state index contributed by atoms with van der Waals surface area (Å²) in [6, 6.07) is 0. The fourth-order valence-electron chi connectivity index (χ4n) is 2.19. The molecule has 8 heteroatoms. The van der Waals surface area contributed by atoms with Gasteiger partial charge >= 0.3 is 6.18 Å². The van der Waals surface area contributed by atoms with Crippen LogP contribution in [-0.4, -0.2) is 28.7 Å². The van der Waals surface area contributed by atoms with Gasteiger partial charge in [-0.2, -0.15) is 13.2 Å². The van der Waals surface area contributed by atoms with Crippen LogP contribution >= 0.6 is 0 Å². The SMILES string of the molecule is N/C(=N/O)C1(NC(=O)CC(F)(F)F)CCCCC1. The van der Waals surface area contributed by atoms with Crippen molar-refractivity contribution in [3.05, 3.63) is 0 Å². The van der Waals surface area contributed by atoms with Gasteiger partial charge in [0.2, 0.25) is 5.91 Å². The molecule has 1 fully saturated rings. The van der Waals surface area contributed by atoms with E-state index in [-0.39, 0.29) is 5.84 Å². The van der Waals surface area contributed by atoms with Crippen molar-refractivity contribution in [2.45, 2.75) is 50.2 Å². The summed E-state index contributed by atoms with van der Waals surface area (Å²) in [6.45, 7) is 0. The van der Waals surface area contributed by atoms with E-state index in [1.165, 1.54) is 0 Å². The summed E-state index contributed by atoms with van der Waals surface area (Å²) < 4.78 is 36.3. The van der Waals surface area contributed by atoms with Crippen LogP contribution in [0.2, 0.25) is 0 Å². The highest BCUT2D eigenvalue weighted by Gasteiger charge is 2.40. The zero-order chi connectivity index (χ0) is 13.8. The number of nitrogens with zero attached hydrogens (tertiary/aromatic N) is 1. The minimum Gasteiger partial charge on any atom is -0.409 e. The van der Waals surface area contributed by atoms with Crippen molar-refractivity contribution in [1.29, 1.82) is 0 Å². The molecule has 5 nitrogen and oxygen atoms in total. The predicted molar refractivity (Wildman–Crippen MR) is 58.0 cm³/mol. The number of hydrogen-bond donors (Lipinski definition) is 3. The highest BCUT2D eigenvalue weighted by molar-refractivity contribution is 5.94. The zero-order valence-corrected chi connectivity index (χ0v) is 9.76. The number of halogens is 3. The first-order valence-corrected chi connectivity index (χ1v) is 5.65. The molecule has 0 atom stereocenters. The van der Waals surface area contributed by atoms with Crippen LogP contribution in [0.3, 0.4) is 0 Å². The largest absolute Gasteiger partial charge is 0.409 e. The minimum absolute atomic E-state index is 0.238. The van der Waals surface area contributed by atoms with Crippen LogP contribution in [0.25, 0.3) is 0 Å². The monoisotopic (exact) mass is 267 g/mol. The zero-order valence-electron chi connectivity index (χ0n) is 9.76. The van der Waals surface area contributed by atoms with Crippen molar-refractivity contribution in [1.82, 2.24) is 5.32 Å². The summed E-state index contributed by atoms with van der Waals surface area (Å²) >= 11 is 0. The molecule has 104 valence electrons. The predicted octanol–water partition coefficient (Wildman–Crippen LogP) is 1.50. The van der Waals surface area contributed by atoms with Gasteiger partial charge in [-0.3, -0.25) is 4.79 Å². The molecule has 18 heavy (non-hydrogen) atoms. The fourth-order valence-corrected chi connectivity index (χ4v) is 2.19. The number of carbonyl (C=O) groups is 1. The highest BCUT2D eigenvalue weighted by Crippen LogP contribution is 2.29. The molecule has 0 radical (unpaired) electrons. The molecule has 1 saturated carbocycles. The molecule has 0 unspecified atom stereocenters. The summed E-state index contributed by atoms with van der Waals surface area (Å²) in [5.74, 6) is -1.39. The molecule has 0 aliphatic heterocycles. The highest BCUT2D eigenvalue weighted by atomic mass is 19.4. The van der Waals surface area contributed by atoms with E-state index in [1.54, 1.807) is 0 Å². The summed E-state index contributed by atoms with van der Waals surface area (Å²) in [5, 5.41) is 13.8. The molecule has 1 aliphatic rings. The molecule has 0 aromatic carbocycles. The van der Waals surface area contributed by atoms with Crippen molar-refractivity contribution >= 4 is 11.7 Å². The van der Waals surface area contributed by atoms with E-state index in [4.69, 9.17) is 10.9 Å². The maximum Gasteiger partial charge on any atom is 0.397 e. The Balaban J connectivity index is 2.76. The number of carbonyl (C=O) groups excluding carboxylic acids is 1. The number of alkyl halides is 3. The van der Waals surface area contributed by atoms with E-state index in [0.717, 1.165) is 6.42 Å². The molecule has 1 aliphatic carbocycles. The Kier molecular flexibility index (Phi) is 4.42. The van der Waals surface area contributed by atoms with E-state index in [2.05, 4.69) is 10.5 Å². The fraction of sp³-hybridized carbons (Fsp3) is 0.800. The Bertz CT molecular complexity index is 336. The second kappa shape index (κ2) is 5.45. The van der Waals surface area contributed by atoms with E-state index in [1.807, 2.05) is 0 Å². The standard InChI is InChI=1S/C10H16F3N3O2/c11-10(12,13)6-7(17)15-9(8(14)16-18)4-2-1-3-5-9/h18H,1-6H2,(H2,14,16)(H,15,17). The number of amides is 1. The van der Waals surface area contributed by atoms with Gasteiger partial charge in [0.05, 0.1) is 0 Å². The molecular weight excluding hydrogens is 251 g/mol. The first-order chi connectivity index (χ1) is 8.29. The third kappa shape index (κ3) is 3.78. The number of rotatable bonds is 3. The Morgan fingerprint density at radius 3 is 2.33 bits per heavy atom. The first-order valence-electron chi connectivity index (χ1n) is 5.65. The van der Waals surface area contributed by atoms with Crippen LogP contribution in [0, 0.1) is 0 Å². The van der Waals surface area contributed by atoms with Crippen molar-refractivity contribution < 1.29 is 23.2 Å². The molecule has 0 bridgehead atoms. The average Bonchev–Trinajstić information content (AvgIpc) is 2.26. The van der Waals surface area contributed by atoms with Crippen molar-refractivity contribution in [3.63, 3.8) is 0 Å². The topological polar surface area (TPSA) is 87.7 Å². The second-order valence-corrected chi connectivity index (χ2v) is 4.47. The summed E-state index contributed by atoms with van der Waals surface area (Å²) in [7, 11) is 0. The molecule has 0 heterocycles. The maximum absolute atomic E-state index is 12.1. The Labute approximate surface area is 102 Å². The van der Waals surface area contributed by atoms with Gasteiger partial charge in [0.25, 0.3) is 0 Å². The maximum atomic E-state index is 12.1. The van der Waals surface area contributed by atoms with E-state index in [0.29, 0.717) is 25.7 Å². The van der Waals surface area contributed by atoms with Crippen molar-refractivity contribution in [2.75, 3.05) is 0 Å². The number of amidine groups is 1. The normalized spacial score (nSPS) is 20.5. The van der Waals surface area contributed by atoms with Crippen molar-refractivity contribution in [3.8, 4) is 0 Å². The quantitative estimate of drug-likeness (QED) is 0.313. The lowest BCUT2D eigenvalue weighted by Crippen LogP contribution is -2.59. The van der Waals surface area contributed by atoms with E-state index < -0.39 is 24.0 Å². The Morgan fingerprint density at radius 2 is 1.89 bits per heavy atom. The van der Waals surface area contributed by atoms with Gasteiger partial charge in [-0.05, 0) is 12.8 Å². The van der Waals surface area contributed by atoms with Crippen LogP contribution in [0.1, 0.15) is 38.5 Å². The minimum atomic E-state index is -4.56. The number of nitrogens with two attached hydrogens (primary N) is 1. The van der Waals surface area contributed by atoms with Crippen molar-refractivity contribution in [2.24, 2.45) is 10.9 Å². The summed E-state index contributed by atoms with van der Waals surface area (Å²) in [6.07, 6.45) is -3.03. The lowest BCUT2D eigenvalue weighted by Gasteiger charge is -2.36.